The fourth-order valence-electron chi connectivity index (χ4n) is 2.23. The summed E-state index contributed by atoms with van der Waals surface area (Å²) in [6.45, 7) is 7.18. The Morgan fingerprint density at radius 1 is 1.29 bits per heavy atom. The molecule has 1 fully saturated rings. The van der Waals surface area contributed by atoms with Gasteiger partial charge in [0.1, 0.15) is 11.4 Å². The van der Waals surface area contributed by atoms with Gasteiger partial charge in [-0.05, 0) is 44.9 Å². The Morgan fingerprint density at radius 2 is 1.95 bits per heavy atom. The standard InChI is InChI=1S/C16H23NO4/c1-16(2,3)21-15(19)17-9-8-14(20-11-10-17)12-4-6-13(18)7-5-12/h4-7,14,18H,8-11H2,1-3H3. The first-order valence-electron chi connectivity index (χ1n) is 7.23. The molecule has 1 saturated heterocycles. The van der Waals surface area contributed by atoms with Gasteiger partial charge in [0, 0.05) is 13.1 Å². The van der Waals surface area contributed by atoms with Crippen molar-refractivity contribution in [3.63, 3.8) is 0 Å². The topological polar surface area (TPSA) is 59.0 Å². The van der Waals surface area contributed by atoms with Crippen LogP contribution in [0.1, 0.15) is 38.9 Å². The number of carbonyl (C=O) groups is 1. The van der Waals surface area contributed by atoms with Crippen molar-refractivity contribution in [1.82, 2.24) is 4.90 Å². The van der Waals surface area contributed by atoms with E-state index in [-0.39, 0.29) is 17.9 Å². The van der Waals surface area contributed by atoms with Gasteiger partial charge < -0.3 is 19.5 Å². The fraction of sp³-hybridized carbons (Fsp3) is 0.562. The molecule has 5 heteroatoms. The second kappa shape index (κ2) is 6.35. The van der Waals surface area contributed by atoms with E-state index in [0.29, 0.717) is 26.1 Å². The van der Waals surface area contributed by atoms with Gasteiger partial charge in [0.15, 0.2) is 0 Å². The number of carbonyl (C=O) groups excluding carboxylic acids is 1. The molecule has 1 atom stereocenters. The average molecular weight is 293 g/mol. The number of nitrogens with zero attached hydrogens (tertiary/aromatic N) is 1. The van der Waals surface area contributed by atoms with Gasteiger partial charge in [-0.2, -0.15) is 0 Å². The Bertz CT molecular complexity index is 478. The van der Waals surface area contributed by atoms with Gasteiger partial charge in [-0.3, -0.25) is 0 Å². The van der Waals surface area contributed by atoms with Gasteiger partial charge in [-0.1, -0.05) is 12.1 Å². The van der Waals surface area contributed by atoms with Crippen LogP contribution in [0.2, 0.25) is 0 Å². The Morgan fingerprint density at radius 3 is 2.57 bits per heavy atom. The average Bonchev–Trinajstić information content (AvgIpc) is 2.63. The van der Waals surface area contributed by atoms with Crippen LogP contribution in [0.15, 0.2) is 24.3 Å². The lowest BCUT2D eigenvalue weighted by atomic mass is 10.1. The number of hydrogen-bond donors (Lipinski definition) is 1. The van der Waals surface area contributed by atoms with E-state index < -0.39 is 5.60 Å². The summed E-state index contributed by atoms with van der Waals surface area (Å²) in [5, 5.41) is 9.32. The maximum Gasteiger partial charge on any atom is 0.410 e. The molecule has 1 aliphatic rings. The summed E-state index contributed by atoms with van der Waals surface area (Å²) >= 11 is 0. The highest BCUT2D eigenvalue weighted by Crippen LogP contribution is 2.25. The van der Waals surface area contributed by atoms with Crippen molar-refractivity contribution in [1.29, 1.82) is 0 Å². The molecule has 1 heterocycles. The van der Waals surface area contributed by atoms with Crippen LogP contribution in [0.5, 0.6) is 5.75 Å². The predicted molar refractivity (Wildman–Crippen MR) is 79.2 cm³/mol. The number of hydrogen-bond acceptors (Lipinski definition) is 4. The van der Waals surface area contributed by atoms with Crippen LogP contribution >= 0.6 is 0 Å². The normalized spacial score (nSPS) is 20.0. The number of amides is 1. The Kier molecular flexibility index (Phi) is 4.73. The number of aromatic hydroxyl groups is 1. The van der Waals surface area contributed by atoms with Crippen molar-refractivity contribution in [3.05, 3.63) is 29.8 Å². The van der Waals surface area contributed by atoms with Gasteiger partial charge in [0.2, 0.25) is 0 Å². The first kappa shape index (κ1) is 15.6. The molecule has 5 nitrogen and oxygen atoms in total. The molecule has 0 saturated carbocycles. The summed E-state index contributed by atoms with van der Waals surface area (Å²) in [5.41, 5.74) is 0.527. The van der Waals surface area contributed by atoms with Crippen LogP contribution < -0.4 is 0 Å². The molecule has 116 valence electrons. The van der Waals surface area contributed by atoms with Gasteiger partial charge in [0.25, 0.3) is 0 Å². The molecule has 0 aliphatic carbocycles. The molecule has 1 N–H and O–H groups in total. The summed E-state index contributed by atoms with van der Waals surface area (Å²) in [5.74, 6) is 0.239. The SMILES string of the molecule is CC(C)(C)OC(=O)N1CCOC(c2ccc(O)cc2)CC1. The van der Waals surface area contributed by atoms with Gasteiger partial charge in [-0.15, -0.1) is 0 Å². The lowest BCUT2D eigenvalue weighted by Gasteiger charge is -2.26. The monoisotopic (exact) mass is 293 g/mol. The molecule has 0 spiro atoms. The highest BCUT2D eigenvalue weighted by atomic mass is 16.6. The summed E-state index contributed by atoms with van der Waals surface area (Å²) in [6.07, 6.45) is 0.361. The molecule has 0 aromatic heterocycles. The number of phenols is 1. The highest BCUT2D eigenvalue weighted by molar-refractivity contribution is 5.68. The van der Waals surface area contributed by atoms with E-state index in [9.17, 15) is 9.90 Å². The predicted octanol–water partition coefficient (Wildman–Crippen LogP) is 3.09. The first-order chi connectivity index (χ1) is 9.85. The maximum absolute atomic E-state index is 12.1. The second-order valence-corrected chi connectivity index (χ2v) is 6.21. The zero-order valence-electron chi connectivity index (χ0n) is 12.8. The van der Waals surface area contributed by atoms with E-state index in [4.69, 9.17) is 9.47 Å². The lowest BCUT2D eigenvalue weighted by molar-refractivity contribution is 0.0231. The van der Waals surface area contributed by atoms with Crippen molar-refractivity contribution < 1.29 is 19.4 Å². The van der Waals surface area contributed by atoms with E-state index in [1.54, 1.807) is 17.0 Å². The molecule has 21 heavy (non-hydrogen) atoms. The number of ether oxygens (including phenoxy) is 2. The van der Waals surface area contributed by atoms with E-state index in [0.717, 1.165) is 5.56 Å². The van der Waals surface area contributed by atoms with Crippen molar-refractivity contribution in [3.8, 4) is 5.75 Å². The van der Waals surface area contributed by atoms with E-state index >= 15 is 0 Å². The van der Waals surface area contributed by atoms with Crippen molar-refractivity contribution >= 4 is 6.09 Å². The molecule has 1 aromatic carbocycles. The number of benzene rings is 1. The van der Waals surface area contributed by atoms with Crippen LogP contribution in [0.4, 0.5) is 4.79 Å². The summed E-state index contributed by atoms with van der Waals surface area (Å²) in [4.78, 5) is 13.8. The van der Waals surface area contributed by atoms with Crippen molar-refractivity contribution in [2.24, 2.45) is 0 Å². The number of rotatable bonds is 1. The Labute approximate surface area is 125 Å². The molecular formula is C16H23NO4. The second-order valence-electron chi connectivity index (χ2n) is 6.21. The lowest BCUT2D eigenvalue weighted by Crippen LogP contribution is -2.38. The highest BCUT2D eigenvalue weighted by Gasteiger charge is 2.26. The maximum atomic E-state index is 12.1. The van der Waals surface area contributed by atoms with Crippen molar-refractivity contribution in [2.45, 2.75) is 38.9 Å². The molecule has 1 amide bonds. The quantitative estimate of drug-likeness (QED) is 0.864. The zero-order chi connectivity index (χ0) is 15.5. The zero-order valence-corrected chi connectivity index (χ0v) is 12.8. The molecule has 0 radical (unpaired) electrons. The third-order valence-electron chi connectivity index (χ3n) is 3.26. The van der Waals surface area contributed by atoms with Crippen LogP contribution in [0.3, 0.4) is 0 Å². The minimum Gasteiger partial charge on any atom is -0.508 e. The van der Waals surface area contributed by atoms with E-state index in [1.807, 2.05) is 32.9 Å². The Balaban J connectivity index is 1.95. The van der Waals surface area contributed by atoms with Gasteiger partial charge in [0.05, 0.1) is 12.7 Å². The molecule has 0 bridgehead atoms. The van der Waals surface area contributed by atoms with Crippen LogP contribution in [-0.4, -0.2) is 41.4 Å². The molecular weight excluding hydrogens is 270 g/mol. The minimum absolute atomic E-state index is 0.0574. The van der Waals surface area contributed by atoms with E-state index in [2.05, 4.69) is 0 Å². The van der Waals surface area contributed by atoms with Crippen molar-refractivity contribution in [2.75, 3.05) is 19.7 Å². The first-order valence-corrected chi connectivity index (χ1v) is 7.23. The minimum atomic E-state index is -0.486. The molecule has 1 aromatic rings. The largest absolute Gasteiger partial charge is 0.508 e. The van der Waals surface area contributed by atoms with Gasteiger partial charge in [-0.25, -0.2) is 4.79 Å². The molecule has 2 rings (SSSR count). The summed E-state index contributed by atoms with van der Waals surface area (Å²) in [6, 6.07) is 7.00. The van der Waals surface area contributed by atoms with Crippen LogP contribution in [-0.2, 0) is 9.47 Å². The number of phenolic OH excluding ortho intramolecular Hbond substituents is 1. The molecule has 1 unspecified atom stereocenters. The smallest absolute Gasteiger partial charge is 0.410 e. The van der Waals surface area contributed by atoms with Gasteiger partial charge >= 0.3 is 6.09 Å². The third-order valence-corrected chi connectivity index (χ3v) is 3.26. The summed E-state index contributed by atoms with van der Waals surface area (Å²) in [7, 11) is 0. The molecule has 1 aliphatic heterocycles. The third kappa shape index (κ3) is 4.63. The van der Waals surface area contributed by atoms with E-state index in [1.165, 1.54) is 0 Å². The Hall–Kier alpha value is -1.75. The fourth-order valence-corrected chi connectivity index (χ4v) is 2.23. The van der Waals surface area contributed by atoms with Crippen LogP contribution in [0, 0.1) is 0 Å². The summed E-state index contributed by atoms with van der Waals surface area (Å²) < 4.78 is 11.2. The van der Waals surface area contributed by atoms with Crippen LogP contribution in [0.25, 0.3) is 0 Å².